The van der Waals surface area contributed by atoms with Crippen molar-refractivity contribution in [1.82, 2.24) is 4.83 Å². The number of carbonyl (C=O) groups excluding carboxylic acids is 4. The SMILES string of the molecule is C=C(C)[C@H]1C/C(=N\NS(=O)(=O)c2ccc(C)cc2)C(C)=C2[C@@H](C(=O)OCC)O[C@@H](c3ccccc3Br)[C@@H]21.C=C(C)[C@H]1CC(=O)C(C)=C2[C@@H](C(=O)OCC)O[C@@H](c3ccccc3Br)[C@@H]21.C=C(C)[C@H]1CC=C(C)[C@H]2[C@@H]1[C@H](c1ccccc1Br)O[C@@H]2C(=O)OCC. The van der Waals surface area contributed by atoms with Gasteiger partial charge in [0.05, 0.1) is 48.7 Å². The number of rotatable bonds is 15. The normalized spacial score (nSPS) is 27.5. The summed E-state index contributed by atoms with van der Waals surface area (Å²) in [6, 6.07) is 30.3. The van der Waals surface area contributed by atoms with Gasteiger partial charge in [-0.1, -0.05) is 168 Å². The molecule has 88 heavy (non-hydrogen) atoms. The van der Waals surface area contributed by atoms with E-state index in [-0.39, 0.29) is 77.6 Å². The quantitative estimate of drug-likeness (QED) is 0.0515. The van der Waals surface area contributed by atoms with Crippen LogP contribution in [-0.2, 0) is 57.6 Å². The van der Waals surface area contributed by atoms with Crippen LogP contribution in [0.5, 0.6) is 0 Å². The first-order valence-corrected chi connectivity index (χ1v) is 33.6. The average Bonchev–Trinajstić information content (AvgIpc) is 2.32. The Bertz CT molecular complexity index is 3610. The largest absolute Gasteiger partial charge is 0.464 e. The monoisotopic (exact) mass is 1410 g/mol. The minimum Gasteiger partial charge on any atom is -0.464 e. The summed E-state index contributed by atoms with van der Waals surface area (Å²) >= 11 is 10.9. The Balaban J connectivity index is 0.000000176. The molecule has 0 aromatic heterocycles. The van der Waals surface area contributed by atoms with E-state index in [0.29, 0.717) is 36.7 Å². The molecular weight excluding hydrogens is 1330 g/mol. The molecule has 468 valence electrons. The smallest absolute Gasteiger partial charge is 0.339 e. The second-order valence-electron chi connectivity index (χ2n) is 23.3. The Kier molecular flexibility index (Phi) is 22.7. The zero-order valence-electron chi connectivity index (χ0n) is 51.6. The van der Waals surface area contributed by atoms with Crippen LogP contribution in [0.4, 0.5) is 0 Å². The predicted molar refractivity (Wildman–Crippen MR) is 351 cm³/mol. The molecule has 0 amide bonds. The molecule has 4 aromatic rings. The molecular formula is C70H79Br3N2O12S. The number of sulfonamides is 1. The molecule has 3 aliphatic carbocycles. The summed E-state index contributed by atoms with van der Waals surface area (Å²) < 4.78 is 63.5. The van der Waals surface area contributed by atoms with Gasteiger partial charge in [0.15, 0.2) is 24.1 Å². The minimum atomic E-state index is -3.87. The molecule has 14 nitrogen and oxygen atoms in total. The van der Waals surface area contributed by atoms with Crippen molar-refractivity contribution in [3.8, 4) is 0 Å². The third-order valence-corrected chi connectivity index (χ3v) is 21.0. The topological polar surface area (TPSA) is 182 Å². The van der Waals surface area contributed by atoms with Crippen molar-refractivity contribution in [1.29, 1.82) is 0 Å². The van der Waals surface area contributed by atoms with Gasteiger partial charge in [-0.2, -0.15) is 18.4 Å². The molecule has 3 fully saturated rings. The standard InChI is InChI=1S/C28H31BrN2O5S.C21H23BrO4.C21H25BrO3/c1-6-35-28(32)27-24-18(5)23(30-31-37(33,34)19-13-11-17(4)12-14-19)15-21(16(2)3)25(24)26(36-27)20-9-7-8-10-22(20)29;1-5-25-21(24)20-17-12(4)16(23)10-14(11(2)3)18(17)19(26-20)13-8-6-7-9-15(13)22;1-5-24-21(23)20-17-13(4)10-11-14(12(2)3)18(17)19(25-20)15-8-6-7-9-16(15)22/h7-14,21,25-27,31H,2,6,15H2,1,3-5H3;6-9,14,18-20H,2,5,10H2,1,3-4H3;6-10,14,17-20H,2,5,11H2,1,3-4H3/b30-23+;;/t21-,25-,26+,27+;14-,18-,19+,20+;14-,17+,18-,19+,20+/m111/s1. The first-order valence-electron chi connectivity index (χ1n) is 29.8. The summed E-state index contributed by atoms with van der Waals surface area (Å²) in [5, 5.41) is 4.35. The zero-order valence-corrected chi connectivity index (χ0v) is 57.1. The number of hydrogen-bond acceptors (Lipinski definition) is 13. The maximum absolute atomic E-state index is 13.1. The van der Waals surface area contributed by atoms with E-state index in [2.05, 4.69) is 103 Å². The second kappa shape index (κ2) is 29.4. The van der Waals surface area contributed by atoms with Crippen LogP contribution in [0, 0.1) is 48.3 Å². The fraction of sp³-hybridized carbons (Fsp3) is 0.414. The van der Waals surface area contributed by atoms with Crippen LogP contribution in [0.25, 0.3) is 0 Å². The number of fused-ring (bicyclic) bond motifs is 3. The van der Waals surface area contributed by atoms with Crippen LogP contribution in [0.2, 0.25) is 0 Å². The zero-order chi connectivity index (χ0) is 64.1. The third-order valence-electron chi connectivity index (χ3n) is 17.7. The van der Waals surface area contributed by atoms with Gasteiger partial charge in [0.25, 0.3) is 10.0 Å². The van der Waals surface area contributed by atoms with E-state index in [1.807, 2.05) is 101 Å². The van der Waals surface area contributed by atoms with Crippen molar-refractivity contribution in [3.63, 3.8) is 0 Å². The molecule has 0 saturated carbocycles. The molecule has 4 aromatic carbocycles. The van der Waals surface area contributed by atoms with Crippen molar-refractivity contribution in [2.24, 2.45) is 46.5 Å². The number of carbonyl (C=O) groups is 4. The lowest BCUT2D eigenvalue weighted by Gasteiger charge is -2.36. The number of ether oxygens (including phenoxy) is 6. The van der Waals surface area contributed by atoms with Crippen molar-refractivity contribution >= 4 is 87.2 Å². The molecule has 10 rings (SSSR count). The number of ketones is 1. The summed E-state index contributed by atoms with van der Waals surface area (Å²) in [5.41, 5.74) is 11.5. The highest BCUT2D eigenvalue weighted by atomic mass is 79.9. The van der Waals surface area contributed by atoms with E-state index < -0.39 is 46.4 Å². The van der Waals surface area contributed by atoms with Gasteiger partial charge in [0, 0.05) is 43.5 Å². The second-order valence-corrected chi connectivity index (χ2v) is 27.6. The first-order chi connectivity index (χ1) is 41.9. The molecule has 0 radical (unpaired) electrons. The number of hydrazone groups is 1. The number of nitrogens with one attached hydrogen (secondary N) is 1. The fourth-order valence-corrected chi connectivity index (χ4v) is 15.7. The highest BCUT2D eigenvalue weighted by molar-refractivity contribution is 9.11. The van der Waals surface area contributed by atoms with Crippen LogP contribution < -0.4 is 4.83 Å². The number of benzene rings is 4. The Morgan fingerprint density at radius 1 is 0.580 bits per heavy atom. The van der Waals surface area contributed by atoms with E-state index >= 15 is 0 Å². The highest BCUT2D eigenvalue weighted by Gasteiger charge is 2.56. The van der Waals surface area contributed by atoms with Crippen LogP contribution in [0.15, 0.2) is 191 Å². The van der Waals surface area contributed by atoms with Gasteiger partial charge in [0.1, 0.15) is 0 Å². The lowest BCUT2D eigenvalue weighted by atomic mass is 9.66. The Hall–Kier alpha value is -5.86. The summed E-state index contributed by atoms with van der Waals surface area (Å²) in [6.45, 7) is 32.3. The maximum atomic E-state index is 13.1. The van der Waals surface area contributed by atoms with E-state index in [0.717, 1.165) is 75.5 Å². The number of Topliss-reactive ketones (excluding diaryl/α,β-unsaturated/α-hetero) is 1. The number of esters is 3. The number of halogens is 3. The predicted octanol–water partition coefficient (Wildman–Crippen LogP) is 15.4. The molecule has 1 N–H and O–H groups in total. The fourth-order valence-electron chi connectivity index (χ4n) is 13.3. The van der Waals surface area contributed by atoms with Gasteiger partial charge in [-0.05, 0) is 169 Å². The number of allylic oxidation sites excluding steroid dienone is 6. The molecule has 0 unspecified atom stereocenters. The van der Waals surface area contributed by atoms with Gasteiger partial charge in [-0.15, -0.1) is 0 Å². The van der Waals surface area contributed by atoms with E-state index in [1.54, 1.807) is 45.0 Å². The average molecular weight is 1410 g/mol. The lowest BCUT2D eigenvalue weighted by molar-refractivity contribution is -0.157. The Morgan fingerprint density at radius 2 is 1.01 bits per heavy atom. The van der Waals surface area contributed by atoms with Gasteiger partial charge in [0.2, 0.25) is 0 Å². The molecule has 6 aliphatic rings. The van der Waals surface area contributed by atoms with Crippen molar-refractivity contribution in [2.75, 3.05) is 19.8 Å². The number of aryl methyl sites for hydroxylation is 1. The van der Waals surface area contributed by atoms with Gasteiger partial charge < -0.3 is 28.4 Å². The molecule has 18 heteroatoms. The van der Waals surface area contributed by atoms with Crippen LogP contribution in [0.3, 0.4) is 0 Å². The van der Waals surface area contributed by atoms with Crippen LogP contribution >= 0.6 is 47.8 Å². The Morgan fingerprint density at radius 3 is 1.47 bits per heavy atom. The number of nitrogens with zero attached hydrogens (tertiary/aromatic N) is 1. The van der Waals surface area contributed by atoms with Crippen LogP contribution in [0.1, 0.15) is 122 Å². The molecule has 3 aliphatic heterocycles. The molecule has 0 spiro atoms. The first kappa shape index (κ1) is 68.1. The summed E-state index contributed by atoms with van der Waals surface area (Å²) in [4.78, 5) is 53.3. The van der Waals surface area contributed by atoms with Gasteiger partial charge in [-0.25, -0.2) is 14.4 Å². The van der Waals surface area contributed by atoms with E-state index in [4.69, 9.17) is 28.4 Å². The summed E-state index contributed by atoms with van der Waals surface area (Å²) in [7, 11) is -3.87. The molecule has 3 saturated heterocycles. The van der Waals surface area contributed by atoms with Crippen molar-refractivity contribution in [2.45, 2.75) is 130 Å². The highest BCUT2D eigenvalue weighted by Crippen LogP contribution is 2.57. The van der Waals surface area contributed by atoms with E-state index in [9.17, 15) is 27.6 Å². The molecule has 0 bridgehead atoms. The van der Waals surface area contributed by atoms with E-state index in [1.165, 1.54) is 5.57 Å². The van der Waals surface area contributed by atoms with Crippen molar-refractivity contribution in [3.05, 3.63) is 203 Å². The van der Waals surface area contributed by atoms with Crippen LogP contribution in [-0.4, -0.2) is 76.0 Å². The number of hydrogen-bond donors (Lipinski definition) is 1. The summed E-state index contributed by atoms with van der Waals surface area (Å²) in [5.74, 6) is -1.06. The third kappa shape index (κ3) is 14.3. The van der Waals surface area contributed by atoms with Gasteiger partial charge >= 0.3 is 17.9 Å². The van der Waals surface area contributed by atoms with Gasteiger partial charge in [-0.3, -0.25) is 4.79 Å². The lowest BCUT2D eigenvalue weighted by Crippen LogP contribution is -2.35. The maximum Gasteiger partial charge on any atom is 0.339 e. The Labute approximate surface area is 543 Å². The summed E-state index contributed by atoms with van der Waals surface area (Å²) in [6.07, 6.45) is 0.802. The minimum absolute atomic E-state index is 0.0339. The molecule has 13 atom stereocenters. The molecule has 3 heterocycles. The van der Waals surface area contributed by atoms with Crippen molar-refractivity contribution < 1.29 is 56.0 Å².